The van der Waals surface area contributed by atoms with Crippen molar-refractivity contribution in [3.05, 3.63) is 0 Å². The van der Waals surface area contributed by atoms with E-state index in [1.165, 1.54) is 0 Å². The molecule has 2 rings (SSSR count). The van der Waals surface area contributed by atoms with Crippen LogP contribution in [0.1, 0.15) is 6.42 Å². The van der Waals surface area contributed by atoms with Crippen LogP contribution in [-0.2, 0) is 9.53 Å². The molecular formula is C5H8BrNO2. The Morgan fingerprint density at radius 1 is 1.67 bits per heavy atom. The minimum absolute atomic E-state index is 0. The van der Waals surface area contributed by atoms with E-state index in [4.69, 9.17) is 4.74 Å². The van der Waals surface area contributed by atoms with Gasteiger partial charge in [0.15, 0.2) is 0 Å². The number of halogens is 1. The van der Waals surface area contributed by atoms with E-state index in [1.54, 1.807) is 0 Å². The maximum absolute atomic E-state index is 10.6. The molecule has 2 aliphatic rings. The SMILES string of the molecule is Br.O=C1O[C@@H]2CN[C@H]1C2. The van der Waals surface area contributed by atoms with E-state index in [1.807, 2.05) is 0 Å². The Labute approximate surface area is 63.5 Å². The van der Waals surface area contributed by atoms with Gasteiger partial charge in [0.2, 0.25) is 0 Å². The van der Waals surface area contributed by atoms with E-state index >= 15 is 0 Å². The lowest BCUT2D eigenvalue weighted by molar-refractivity contribution is -0.145. The normalized spacial score (nSPS) is 38.0. The van der Waals surface area contributed by atoms with Crippen LogP contribution < -0.4 is 5.32 Å². The zero-order valence-corrected chi connectivity index (χ0v) is 6.51. The van der Waals surface area contributed by atoms with Crippen molar-refractivity contribution in [2.45, 2.75) is 18.6 Å². The van der Waals surface area contributed by atoms with Gasteiger partial charge in [0, 0.05) is 13.0 Å². The quantitative estimate of drug-likeness (QED) is 0.545. The third-order valence-corrected chi connectivity index (χ3v) is 1.66. The first-order chi connectivity index (χ1) is 3.86. The minimum Gasteiger partial charge on any atom is -0.460 e. The Morgan fingerprint density at radius 3 is 2.67 bits per heavy atom. The number of esters is 1. The second-order valence-electron chi connectivity index (χ2n) is 2.26. The molecule has 3 nitrogen and oxygen atoms in total. The van der Waals surface area contributed by atoms with E-state index in [0.717, 1.165) is 13.0 Å². The monoisotopic (exact) mass is 193 g/mol. The molecule has 0 saturated carbocycles. The second-order valence-corrected chi connectivity index (χ2v) is 2.26. The van der Waals surface area contributed by atoms with Gasteiger partial charge in [0.05, 0.1) is 0 Å². The van der Waals surface area contributed by atoms with Gasteiger partial charge in [0.1, 0.15) is 12.1 Å². The van der Waals surface area contributed by atoms with Crippen molar-refractivity contribution in [1.29, 1.82) is 0 Å². The fourth-order valence-corrected chi connectivity index (χ4v) is 1.22. The number of morpholine rings is 1. The third-order valence-electron chi connectivity index (χ3n) is 1.66. The molecule has 2 fully saturated rings. The van der Waals surface area contributed by atoms with Crippen LogP contribution in [-0.4, -0.2) is 24.7 Å². The van der Waals surface area contributed by atoms with Crippen LogP contribution in [0.15, 0.2) is 0 Å². The molecule has 2 atom stereocenters. The van der Waals surface area contributed by atoms with Gasteiger partial charge in [-0.2, -0.15) is 0 Å². The fraction of sp³-hybridized carbons (Fsp3) is 0.800. The molecule has 2 saturated heterocycles. The molecule has 9 heavy (non-hydrogen) atoms. The van der Waals surface area contributed by atoms with Crippen LogP contribution in [0.3, 0.4) is 0 Å². The van der Waals surface area contributed by atoms with Crippen molar-refractivity contribution in [3.8, 4) is 0 Å². The lowest BCUT2D eigenvalue weighted by Crippen LogP contribution is -2.35. The molecule has 0 aromatic carbocycles. The number of carbonyl (C=O) groups excluding carboxylic acids is 1. The summed E-state index contributed by atoms with van der Waals surface area (Å²) in [4.78, 5) is 10.6. The van der Waals surface area contributed by atoms with E-state index in [2.05, 4.69) is 5.32 Å². The number of hydrogen-bond acceptors (Lipinski definition) is 3. The predicted molar refractivity (Wildman–Crippen MR) is 36.6 cm³/mol. The second kappa shape index (κ2) is 2.27. The zero-order chi connectivity index (χ0) is 5.56. The Morgan fingerprint density at radius 2 is 2.44 bits per heavy atom. The van der Waals surface area contributed by atoms with Crippen LogP contribution in [0.4, 0.5) is 0 Å². The van der Waals surface area contributed by atoms with E-state index < -0.39 is 0 Å². The van der Waals surface area contributed by atoms with Crippen molar-refractivity contribution in [2.24, 2.45) is 0 Å². The van der Waals surface area contributed by atoms with Gasteiger partial charge >= 0.3 is 5.97 Å². The van der Waals surface area contributed by atoms with E-state index in [9.17, 15) is 4.79 Å². The number of nitrogens with one attached hydrogen (secondary N) is 1. The van der Waals surface area contributed by atoms with Crippen LogP contribution in [0.2, 0.25) is 0 Å². The van der Waals surface area contributed by atoms with Crippen molar-refractivity contribution in [3.63, 3.8) is 0 Å². The Kier molecular flexibility index (Phi) is 1.77. The first kappa shape index (κ1) is 7.02. The number of carbonyl (C=O) groups is 1. The molecular weight excluding hydrogens is 186 g/mol. The molecule has 0 aromatic heterocycles. The topological polar surface area (TPSA) is 38.3 Å². The summed E-state index contributed by atoms with van der Waals surface area (Å²) in [5, 5.41) is 3.03. The maximum atomic E-state index is 10.6. The molecule has 2 bridgehead atoms. The summed E-state index contributed by atoms with van der Waals surface area (Å²) in [6.07, 6.45) is 1.08. The van der Waals surface area contributed by atoms with Gasteiger partial charge in [0.25, 0.3) is 0 Å². The molecule has 0 aliphatic carbocycles. The van der Waals surface area contributed by atoms with Crippen molar-refractivity contribution in [2.75, 3.05) is 6.54 Å². The summed E-state index contributed by atoms with van der Waals surface area (Å²) in [7, 11) is 0. The van der Waals surface area contributed by atoms with Gasteiger partial charge in [-0.1, -0.05) is 0 Å². The average Bonchev–Trinajstić information content (AvgIpc) is 2.23. The van der Waals surface area contributed by atoms with Gasteiger partial charge in [-0.05, 0) is 0 Å². The van der Waals surface area contributed by atoms with Crippen molar-refractivity contribution >= 4 is 23.0 Å². The zero-order valence-electron chi connectivity index (χ0n) is 4.79. The molecule has 2 aliphatic heterocycles. The summed E-state index contributed by atoms with van der Waals surface area (Å²) < 4.78 is 4.86. The molecule has 0 amide bonds. The molecule has 2 heterocycles. The lowest BCUT2D eigenvalue weighted by Gasteiger charge is -2.09. The number of hydrogen-bond donors (Lipinski definition) is 1. The average molecular weight is 194 g/mol. The molecule has 0 spiro atoms. The maximum Gasteiger partial charge on any atom is 0.323 e. The molecule has 4 heteroatoms. The Hall–Kier alpha value is -0.0900. The molecule has 0 aromatic rings. The predicted octanol–water partition coefficient (Wildman–Crippen LogP) is -0.148. The smallest absolute Gasteiger partial charge is 0.323 e. The summed E-state index contributed by atoms with van der Waals surface area (Å²) >= 11 is 0. The standard InChI is InChI=1S/C5H7NO2.BrH/c7-5-4-1-3(8-5)2-6-4;/h3-4,6H,1-2H2;1H/t3-,4-;/m0./s1. The lowest BCUT2D eigenvalue weighted by atomic mass is 10.2. The highest BCUT2D eigenvalue weighted by atomic mass is 79.9. The van der Waals surface area contributed by atoms with Crippen LogP contribution in [0, 0.1) is 0 Å². The van der Waals surface area contributed by atoms with Crippen molar-refractivity contribution < 1.29 is 9.53 Å². The highest BCUT2D eigenvalue weighted by molar-refractivity contribution is 8.93. The molecule has 0 unspecified atom stereocenters. The number of ether oxygens (including phenoxy) is 1. The Balaban J connectivity index is 0.000000405. The number of fused-ring (bicyclic) bond motifs is 2. The van der Waals surface area contributed by atoms with Gasteiger partial charge in [-0.25, -0.2) is 0 Å². The Bertz CT molecular complexity index is 139. The summed E-state index contributed by atoms with van der Waals surface area (Å²) in [5.41, 5.74) is 0. The summed E-state index contributed by atoms with van der Waals surface area (Å²) in [5.74, 6) is -0.0683. The summed E-state index contributed by atoms with van der Waals surface area (Å²) in [6, 6.07) is 0.0278. The van der Waals surface area contributed by atoms with Crippen LogP contribution >= 0.6 is 17.0 Å². The molecule has 1 N–H and O–H groups in total. The fourth-order valence-electron chi connectivity index (χ4n) is 1.22. The van der Waals surface area contributed by atoms with Crippen LogP contribution in [0.25, 0.3) is 0 Å². The first-order valence-corrected chi connectivity index (χ1v) is 2.80. The van der Waals surface area contributed by atoms with Gasteiger partial charge in [-0.15, -0.1) is 17.0 Å². The van der Waals surface area contributed by atoms with Crippen LogP contribution in [0.5, 0.6) is 0 Å². The largest absolute Gasteiger partial charge is 0.460 e. The molecule has 0 radical (unpaired) electrons. The van der Waals surface area contributed by atoms with E-state index in [0.29, 0.717) is 0 Å². The summed E-state index contributed by atoms with van der Waals surface area (Å²) in [6.45, 7) is 0.858. The minimum atomic E-state index is -0.0683. The highest BCUT2D eigenvalue weighted by Gasteiger charge is 2.39. The molecule has 52 valence electrons. The van der Waals surface area contributed by atoms with Crippen molar-refractivity contribution in [1.82, 2.24) is 5.32 Å². The highest BCUT2D eigenvalue weighted by Crippen LogP contribution is 2.19. The first-order valence-electron chi connectivity index (χ1n) is 2.80. The van der Waals surface area contributed by atoms with E-state index in [-0.39, 0.29) is 35.1 Å². The third kappa shape index (κ3) is 0.966. The van der Waals surface area contributed by atoms with Gasteiger partial charge < -0.3 is 10.1 Å². The number of rotatable bonds is 0. The van der Waals surface area contributed by atoms with Gasteiger partial charge in [-0.3, -0.25) is 4.79 Å².